The van der Waals surface area contributed by atoms with Crippen molar-refractivity contribution in [3.63, 3.8) is 0 Å². The molecule has 1 rings (SSSR count). The summed E-state index contributed by atoms with van der Waals surface area (Å²) in [6, 6.07) is 3.61. The Labute approximate surface area is 84.0 Å². The number of aromatic nitrogens is 1. The molecule has 0 atom stereocenters. The third-order valence-electron chi connectivity index (χ3n) is 1.32. The molecule has 1 aromatic rings. The first kappa shape index (κ1) is 10.3. The van der Waals surface area contributed by atoms with Gasteiger partial charge in [-0.2, -0.15) is 0 Å². The summed E-state index contributed by atoms with van der Waals surface area (Å²) in [7, 11) is 0. The maximum Gasteiger partial charge on any atom is 0.120 e. The van der Waals surface area contributed by atoms with Crippen molar-refractivity contribution >= 4 is 0 Å². The maximum absolute atomic E-state index is 9.26. The Morgan fingerprint density at radius 1 is 1.21 bits per heavy atom. The van der Waals surface area contributed by atoms with Gasteiger partial charge in [-0.3, -0.25) is 4.98 Å². The van der Waals surface area contributed by atoms with Crippen LogP contribution in [-0.4, -0.2) is 15.7 Å². The van der Waals surface area contributed by atoms with Crippen LogP contribution in [0.4, 0.5) is 0 Å². The van der Waals surface area contributed by atoms with Crippen molar-refractivity contribution in [2.45, 2.75) is 19.4 Å². The van der Waals surface area contributed by atoms with Crippen LogP contribution in [-0.2, 0) is 0 Å². The summed E-state index contributed by atoms with van der Waals surface area (Å²) < 4.78 is 0. The smallest absolute Gasteiger partial charge is 0.120 e. The largest absolute Gasteiger partial charge is 0.378 e. The molecule has 2 nitrogen and oxygen atoms in total. The van der Waals surface area contributed by atoms with Gasteiger partial charge in [0.25, 0.3) is 0 Å². The number of pyridine rings is 1. The highest BCUT2D eigenvalue weighted by Gasteiger charge is 2.04. The minimum atomic E-state index is -0.979. The van der Waals surface area contributed by atoms with E-state index < -0.39 is 5.60 Å². The Morgan fingerprint density at radius 2 is 1.86 bits per heavy atom. The topological polar surface area (TPSA) is 33.1 Å². The number of hydrogen-bond acceptors (Lipinski definition) is 2. The second-order valence-corrected chi connectivity index (χ2v) is 3.29. The van der Waals surface area contributed by atoms with Crippen LogP contribution in [0.15, 0.2) is 24.5 Å². The molecule has 0 radical (unpaired) electrons. The van der Waals surface area contributed by atoms with E-state index in [1.165, 1.54) is 0 Å². The predicted octanol–water partition coefficient (Wildman–Crippen LogP) is 1.21. The number of aliphatic hydroxyl groups is 1. The minimum Gasteiger partial charge on any atom is -0.378 e. The van der Waals surface area contributed by atoms with Crippen LogP contribution in [0.25, 0.3) is 0 Å². The highest BCUT2D eigenvalue weighted by Crippen LogP contribution is 1.95. The van der Waals surface area contributed by atoms with Gasteiger partial charge in [-0.1, -0.05) is 11.8 Å². The molecule has 0 unspecified atom stereocenters. The molecule has 0 aliphatic rings. The zero-order chi connectivity index (χ0) is 10.4. The number of rotatable bonds is 0. The zero-order valence-corrected chi connectivity index (χ0v) is 8.20. The molecule has 0 aromatic carbocycles. The van der Waals surface area contributed by atoms with E-state index in [1.807, 2.05) is 0 Å². The maximum atomic E-state index is 9.26. The van der Waals surface area contributed by atoms with Gasteiger partial charge in [0.2, 0.25) is 0 Å². The van der Waals surface area contributed by atoms with Crippen LogP contribution < -0.4 is 0 Å². The third kappa shape index (κ3) is 4.30. The first-order valence-electron chi connectivity index (χ1n) is 4.23. The van der Waals surface area contributed by atoms with E-state index in [1.54, 1.807) is 38.4 Å². The molecule has 0 saturated heterocycles. The quantitative estimate of drug-likeness (QED) is 0.616. The Bertz CT molecular complexity index is 407. The van der Waals surface area contributed by atoms with E-state index in [-0.39, 0.29) is 0 Å². The first-order chi connectivity index (χ1) is 6.58. The number of nitrogens with zero attached hydrogens (tertiary/aromatic N) is 1. The third-order valence-corrected chi connectivity index (χ3v) is 1.32. The molecule has 0 amide bonds. The lowest BCUT2D eigenvalue weighted by Gasteiger charge is -2.04. The molecular formula is C12H11NO. The molecule has 0 aliphatic carbocycles. The van der Waals surface area contributed by atoms with Crippen LogP contribution in [0.5, 0.6) is 0 Å². The van der Waals surface area contributed by atoms with Crippen molar-refractivity contribution in [1.29, 1.82) is 0 Å². The lowest BCUT2D eigenvalue weighted by Crippen LogP contribution is -2.14. The number of hydrogen-bond donors (Lipinski definition) is 1. The lowest BCUT2D eigenvalue weighted by atomic mass is 10.1. The highest BCUT2D eigenvalue weighted by molar-refractivity contribution is 5.39. The van der Waals surface area contributed by atoms with Crippen LogP contribution >= 0.6 is 0 Å². The minimum absolute atomic E-state index is 0.866. The average Bonchev–Trinajstić information content (AvgIpc) is 2.13. The molecular weight excluding hydrogens is 174 g/mol. The van der Waals surface area contributed by atoms with Gasteiger partial charge < -0.3 is 5.11 Å². The van der Waals surface area contributed by atoms with Gasteiger partial charge in [-0.25, -0.2) is 0 Å². The standard InChI is InChI=1S/C12H11NO/c1-12(2,14)8-4-3-5-11-6-9-13-10-7-11/h6-7,9-10,14H,1-2H3. The van der Waals surface area contributed by atoms with Crippen LogP contribution in [0, 0.1) is 23.7 Å². The van der Waals surface area contributed by atoms with Crippen molar-refractivity contribution in [2.24, 2.45) is 0 Å². The van der Waals surface area contributed by atoms with Crippen molar-refractivity contribution in [3.8, 4) is 23.7 Å². The lowest BCUT2D eigenvalue weighted by molar-refractivity contribution is 0.143. The molecule has 0 aliphatic heterocycles. The molecule has 1 N–H and O–H groups in total. The summed E-state index contributed by atoms with van der Waals surface area (Å²) in [4.78, 5) is 3.87. The van der Waals surface area contributed by atoms with Gasteiger partial charge >= 0.3 is 0 Å². The molecule has 0 fully saturated rings. The normalized spacial score (nSPS) is 9.36. The van der Waals surface area contributed by atoms with Crippen molar-refractivity contribution in [3.05, 3.63) is 30.1 Å². The van der Waals surface area contributed by atoms with E-state index >= 15 is 0 Å². The SMILES string of the molecule is CC(C)(O)C#CC#Cc1ccncc1. The predicted molar refractivity (Wildman–Crippen MR) is 55.2 cm³/mol. The first-order valence-corrected chi connectivity index (χ1v) is 4.23. The van der Waals surface area contributed by atoms with Crippen LogP contribution in [0.1, 0.15) is 19.4 Å². The summed E-state index contributed by atoms with van der Waals surface area (Å²) in [6.45, 7) is 3.24. The Kier molecular flexibility index (Phi) is 3.29. The van der Waals surface area contributed by atoms with Gasteiger partial charge in [-0.15, -0.1) is 0 Å². The van der Waals surface area contributed by atoms with E-state index in [0.29, 0.717) is 0 Å². The van der Waals surface area contributed by atoms with E-state index in [9.17, 15) is 5.11 Å². The van der Waals surface area contributed by atoms with E-state index in [2.05, 4.69) is 28.7 Å². The summed E-state index contributed by atoms with van der Waals surface area (Å²) >= 11 is 0. The summed E-state index contributed by atoms with van der Waals surface area (Å²) in [6.07, 6.45) is 3.35. The Hall–Kier alpha value is -1.77. The average molecular weight is 185 g/mol. The fourth-order valence-corrected chi connectivity index (χ4v) is 0.723. The Morgan fingerprint density at radius 3 is 2.43 bits per heavy atom. The molecule has 0 bridgehead atoms. The van der Waals surface area contributed by atoms with Gasteiger partial charge in [0.1, 0.15) is 5.60 Å². The van der Waals surface area contributed by atoms with Gasteiger partial charge in [0, 0.05) is 18.0 Å². The van der Waals surface area contributed by atoms with Gasteiger partial charge in [-0.05, 0) is 37.8 Å². The van der Waals surface area contributed by atoms with Crippen molar-refractivity contribution in [1.82, 2.24) is 4.98 Å². The summed E-state index contributed by atoms with van der Waals surface area (Å²) in [5.74, 6) is 10.7. The zero-order valence-electron chi connectivity index (χ0n) is 8.20. The molecule has 0 saturated carbocycles. The van der Waals surface area contributed by atoms with Crippen LogP contribution in [0.3, 0.4) is 0 Å². The summed E-state index contributed by atoms with van der Waals surface area (Å²) in [5.41, 5.74) is -0.113. The molecule has 70 valence electrons. The van der Waals surface area contributed by atoms with Crippen LogP contribution in [0.2, 0.25) is 0 Å². The van der Waals surface area contributed by atoms with E-state index in [0.717, 1.165) is 5.56 Å². The molecule has 2 heteroatoms. The highest BCUT2D eigenvalue weighted by atomic mass is 16.3. The molecule has 1 aromatic heterocycles. The summed E-state index contributed by atoms with van der Waals surface area (Å²) in [5, 5.41) is 9.26. The monoisotopic (exact) mass is 185 g/mol. The second-order valence-electron chi connectivity index (χ2n) is 3.29. The Balaban J connectivity index is 2.70. The fourth-order valence-electron chi connectivity index (χ4n) is 0.723. The van der Waals surface area contributed by atoms with E-state index in [4.69, 9.17) is 0 Å². The molecule has 1 heterocycles. The van der Waals surface area contributed by atoms with Crippen molar-refractivity contribution in [2.75, 3.05) is 0 Å². The molecule has 0 spiro atoms. The van der Waals surface area contributed by atoms with Crippen molar-refractivity contribution < 1.29 is 5.11 Å². The van der Waals surface area contributed by atoms with Gasteiger partial charge in [0.15, 0.2) is 0 Å². The molecule has 14 heavy (non-hydrogen) atoms. The second kappa shape index (κ2) is 4.46. The fraction of sp³-hybridized carbons (Fsp3) is 0.250. The van der Waals surface area contributed by atoms with Gasteiger partial charge in [0.05, 0.1) is 0 Å².